The molecule has 0 aliphatic rings. The second-order valence-corrected chi connectivity index (χ2v) is 7.48. The number of hydrogen-bond donors (Lipinski definition) is 0. The maximum Gasteiger partial charge on any atom is 0.426 e. The van der Waals surface area contributed by atoms with Crippen LogP contribution >= 0.6 is 23.4 Å². The van der Waals surface area contributed by atoms with Crippen LogP contribution in [0.15, 0.2) is 90.0 Å². The number of pyridine rings is 1. The highest BCUT2D eigenvalue weighted by molar-refractivity contribution is 7.98. The van der Waals surface area contributed by atoms with E-state index in [1.54, 1.807) is 18.0 Å². The van der Waals surface area contributed by atoms with Gasteiger partial charge in [0.1, 0.15) is 11.3 Å². The quantitative estimate of drug-likeness (QED) is 0.362. The van der Waals surface area contributed by atoms with Crippen LogP contribution in [0.4, 0.5) is 0 Å². The van der Waals surface area contributed by atoms with E-state index in [-0.39, 0.29) is 6.92 Å². The van der Waals surface area contributed by atoms with Gasteiger partial charge in [-0.1, -0.05) is 54.1 Å². The van der Waals surface area contributed by atoms with Crippen molar-refractivity contribution in [2.75, 3.05) is 6.26 Å². The number of nitrogens with zero attached hydrogens (tertiary/aromatic N) is 1. The molecule has 0 saturated heterocycles. The van der Waals surface area contributed by atoms with E-state index in [1.807, 2.05) is 54.6 Å². The first-order valence-corrected chi connectivity index (χ1v) is 10.2. The lowest BCUT2D eigenvalue weighted by molar-refractivity contribution is 0.597. The highest BCUT2D eigenvalue weighted by atomic mass is 35.5. The van der Waals surface area contributed by atoms with Crippen LogP contribution in [0.25, 0.3) is 10.9 Å². The predicted octanol–water partition coefficient (Wildman–Crippen LogP) is 4.79. The van der Waals surface area contributed by atoms with Crippen molar-refractivity contribution >= 4 is 52.1 Å². The normalized spacial score (nSPS) is 10.7. The topological polar surface area (TPSA) is 22.1 Å². The van der Waals surface area contributed by atoms with E-state index in [1.165, 1.54) is 4.90 Å². The van der Waals surface area contributed by atoms with Crippen LogP contribution in [0.2, 0.25) is 5.02 Å². The fourth-order valence-electron chi connectivity index (χ4n) is 3.10. The Balaban J connectivity index is 1.82. The van der Waals surface area contributed by atoms with Crippen LogP contribution in [0.3, 0.4) is 0 Å². The maximum absolute atomic E-state index is 6.52. The molecule has 0 unspecified atom stereocenters. The molecule has 1 heterocycles. The fraction of sp³-hybridized carbons (Fsp3) is 0.0455. The van der Waals surface area contributed by atoms with E-state index in [9.17, 15) is 0 Å². The van der Waals surface area contributed by atoms with Crippen molar-refractivity contribution in [3.63, 3.8) is 0 Å². The monoisotopic (exact) mass is 389 g/mol. The Morgan fingerprint density at radius 2 is 1.63 bits per heavy atom. The predicted molar refractivity (Wildman–Crippen MR) is 117 cm³/mol. The lowest BCUT2D eigenvalue weighted by Gasteiger charge is -2.18. The van der Waals surface area contributed by atoms with Gasteiger partial charge in [0, 0.05) is 21.5 Å². The minimum atomic E-state index is -0.275. The van der Waals surface area contributed by atoms with Crippen molar-refractivity contribution in [3.8, 4) is 5.75 Å². The van der Waals surface area contributed by atoms with Crippen molar-refractivity contribution in [1.29, 1.82) is 0 Å². The van der Waals surface area contributed by atoms with Gasteiger partial charge in [-0.25, -0.2) is 0 Å². The summed E-state index contributed by atoms with van der Waals surface area (Å²) < 4.78 is 6.52. The zero-order valence-corrected chi connectivity index (χ0v) is 16.4. The van der Waals surface area contributed by atoms with E-state index < -0.39 is 0 Å². The van der Waals surface area contributed by atoms with Gasteiger partial charge < -0.3 is 4.65 Å². The van der Waals surface area contributed by atoms with E-state index in [2.05, 4.69) is 35.5 Å². The molecule has 1 aromatic heterocycles. The standard InChI is InChI=1S/C22H17BClNOS/c1-27-20-11-4-9-18(15-20)23(17-8-3-10-19(24)14-17)26-21-12-2-6-16-7-5-13-25-22(16)21/h2-15H,1H3. The Morgan fingerprint density at radius 3 is 2.44 bits per heavy atom. The van der Waals surface area contributed by atoms with Crippen molar-refractivity contribution in [2.45, 2.75) is 4.90 Å². The summed E-state index contributed by atoms with van der Waals surface area (Å²) in [6, 6.07) is 26.2. The molecule has 4 aromatic rings. The van der Waals surface area contributed by atoms with Crippen LogP contribution in [0.5, 0.6) is 5.75 Å². The Morgan fingerprint density at radius 1 is 0.889 bits per heavy atom. The van der Waals surface area contributed by atoms with Gasteiger partial charge in [-0.3, -0.25) is 4.98 Å². The Kier molecular flexibility index (Phi) is 5.37. The minimum absolute atomic E-state index is 0.275. The summed E-state index contributed by atoms with van der Waals surface area (Å²) in [6.07, 6.45) is 3.86. The molecule has 0 spiro atoms. The average Bonchev–Trinajstić information content (AvgIpc) is 2.72. The molecule has 0 bridgehead atoms. The Bertz CT molecular complexity index is 1080. The summed E-state index contributed by atoms with van der Waals surface area (Å²) in [4.78, 5) is 5.71. The fourth-order valence-corrected chi connectivity index (χ4v) is 3.77. The number of halogens is 1. The molecule has 4 rings (SSSR count). The van der Waals surface area contributed by atoms with Gasteiger partial charge in [-0.2, -0.15) is 0 Å². The zero-order valence-electron chi connectivity index (χ0n) is 14.8. The van der Waals surface area contributed by atoms with E-state index in [4.69, 9.17) is 16.3 Å². The molecular formula is C22H17BClNOS. The first kappa shape index (κ1) is 18.0. The summed E-state index contributed by atoms with van der Waals surface area (Å²) in [5.41, 5.74) is 2.94. The number of aromatic nitrogens is 1. The van der Waals surface area contributed by atoms with Crippen molar-refractivity contribution in [3.05, 3.63) is 90.1 Å². The highest BCUT2D eigenvalue weighted by Crippen LogP contribution is 2.24. The van der Waals surface area contributed by atoms with Crippen LogP contribution in [-0.2, 0) is 0 Å². The molecule has 0 fully saturated rings. The van der Waals surface area contributed by atoms with Gasteiger partial charge in [0.25, 0.3) is 0 Å². The first-order valence-electron chi connectivity index (χ1n) is 8.64. The van der Waals surface area contributed by atoms with Gasteiger partial charge in [-0.15, -0.1) is 11.8 Å². The van der Waals surface area contributed by atoms with Crippen LogP contribution in [0, 0.1) is 0 Å². The molecular weight excluding hydrogens is 373 g/mol. The Hall–Kier alpha value is -2.43. The molecule has 0 amide bonds. The van der Waals surface area contributed by atoms with Gasteiger partial charge in [0.05, 0.1) is 0 Å². The summed E-state index contributed by atoms with van der Waals surface area (Å²) in [5, 5.41) is 1.75. The summed E-state index contributed by atoms with van der Waals surface area (Å²) >= 11 is 7.97. The number of benzene rings is 3. The molecule has 0 radical (unpaired) electrons. The van der Waals surface area contributed by atoms with E-state index >= 15 is 0 Å². The molecule has 0 saturated carbocycles. The van der Waals surface area contributed by atoms with Gasteiger partial charge in [0.15, 0.2) is 0 Å². The maximum atomic E-state index is 6.52. The van der Waals surface area contributed by atoms with Crippen LogP contribution in [-0.4, -0.2) is 18.2 Å². The second-order valence-electron chi connectivity index (χ2n) is 6.16. The van der Waals surface area contributed by atoms with Crippen LogP contribution in [0.1, 0.15) is 0 Å². The minimum Gasteiger partial charge on any atom is -0.550 e. The molecule has 0 aliphatic heterocycles. The molecule has 0 N–H and O–H groups in total. The van der Waals surface area contributed by atoms with Crippen LogP contribution < -0.4 is 15.6 Å². The number of fused-ring (bicyclic) bond motifs is 1. The second kappa shape index (κ2) is 8.07. The smallest absolute Gasteiger partial charge is 0.426 e. The third-order valence-corrected chi connectivity index (χ3v) is 5.35. The third kappa shape index (κ3) is 3.97. The van der Waals surface area contributed by atoms with Crippen molar-refractivity contribution < 1.29 is 4.65 Å². The molecule has 132 valence electrons. The van der Waals surface area contributed by atoms with Gasteiger partial charge in [0.2, 0.25) is 0 Å². The van der Waals surface area contributed by atoms with E-state index in [0.29, 0.717) is 5.02 Å². The molecule has 5 heteroatoms. The lowest BCUT2D eigenvalue weighted by atomic mass is 9.55. The Labute approximate surface area is 168 Å². The van der Waals surface area contributed by atoms with Crippen molar-refractivity contribution in [1.82, 2.24) is 4.98 Å². The number of hydrogen-bond acceptors (Lipinski definition) is 3. The molecule has 0 atom stereocenters. The lowest BCUT2D eigenvalue weighted by Crippen LogP contribution is -2.47. The highest BCUT2D eigenvalue weighted by Gasteiger charge is 2.25. The summed E-state index contributed by atoms with van der Waals surface area (Å²) in [5.74, 6) is 0.757. The summed E-state index contributed by atoms with van der Waals surface area (Å²) in [7, 11) is 0. The van der Waals surface area contributed by atoms with Gasteiger partial charge >= 0.3 is 6.92 Å². The molecule has 2 nitrogen and oxygen atoms in total. The largest absolute Gasteiger partial charge is 0.550 e. The average molecular weight is 390 g/mol. The van der Waals surface area contributed by atoms with Gasteiger partial charge in [-0.05, 0) is 53.6 Å². The third-order valence-electron chi connectivity index (χ3n) is 4.39. The molecule has 27 heavy (non-hydrogen) atoms. The van der Waals surface area contributed by atoms with Crippen molar-refractivity contribution in [2.24, 2.45) is 0 Å². The zero-order chi connectivity index (χ0) is 18.6. The SMILES string of the molecule is CSc1cccc(B(Oc2cccc3cccnc23)c2cccc(Cl)c2)c1. The van der Waals surface area contributed by atoms with E-state index in [0.717, 1.165) is 27.6 Å². The first-order chi connectivity index (χ1) is 13.2. The number of rotatable bonds is 5. The summed E-state index contributed by atoms with van der Waals surface area (Å²) in [6.45, 7) is -0.275. The molecule has 3 aromatic carbocycles. The number of thioether (sulfide) groups is 1. The molecule has 0 aliphatic carbocycles. The number of para-hydroxylation sites is 1.